The number of rotatable bonds is 6. The second-order valence-electron chi connectivity index (χ2n) is 14.6. The first-order valence-electron chi connectivity index (χ1n) is 16.7. The van der Waals surface area contributed by atoms with Crippen LogP contribution in [0.3, 0.4) is 0 Å². The lowest BCUT2D eigenvalue weighted by atomic mass is 9.88. The summed E-state index contributed by atoms with van der Waals surface area (Å²) in [4.78, 5) is 0. The fraction of sp³-hybridized carbons (Fsp3) is 0.262. The van der Waals surface area contributed by atoms with Crippen molar-refractivity contribution in [3.8, 4) is 28.2 Å². The van der Waals surface area contributed by atoms with Crippen LogP contribution in [0.4, 0.5) is 0 Å². The third kappa shape index (κ3) is 4.82. The molecule has 46 heavy (non-hydrogen) atoms. The van der Waals surface area contributed by atoms with Gasteiger partial charge in [0.2, 0.25) is 0 Å². The summed E-state index contributed by atoms with van der Waals surface area (Å²) in [7, 11) is 0.705. The van der Waals surface area contributed by atoms with Gasteiger partial charge in [0.1, 0.15) is 16.8 Å². The van der Waals surface area contributed by atoms with Gasteiger partial charge in [0.15, 0.2) is 16.6 Å². The van der Waals surface area contributed by atoms with Gasteiger partial charge in [-0.25, -0.2) is 4.57 Å². The minimum absolute atomic E-state index is 0.318. The van der Waals surface area contributed by atoms with Crippen molar-refractivity contribution >= 4 is 46.2 Å². The van der Waals surface area contributed by atoms with Gasteiger partial charge in [0.25, 0.3) is 5.82 Å². The van der Waals surface area contributed by atoms with Crippen molar-refractivity contribution in [1.29, 1.82) is 0 Å². The number of imidazole rings is 1. The van der Waals surface area contributed by atoms with E-state index in [1.54, 1.807) is 0 Å². The van der Waals surface area contributed by atoms with E-state index in [4.69, 9.17) is 4.42 Å². The molecule has 7 aromatic rings. The molecule has 5 aromatic carbocycles. The predicted octanol–water partition coefficient (Wildman–Crippen LogP) is 10.8. The maximum atomic E-state index is 6.92. The molecule has 0 fully saturated rings. The van der Waals surface area contributed by atoms with Gasteiger partial charge >= 0.3 is 0 Å². The zero-order chi connectivity index (χ0) is 32.5. The fourth-order valence-electron chi connectivity index (χ4n) is 7.12. The van der Waals surface area contributed by atoms with E-state index in [1.807, 2.05) is 0 Å². The van der Waals surface area contributed by atoms with Crippen LogP contribution in [-0.4, -0.2) is 12.6 Å². The van der Waals surface area contributed by atoms with Crippen LogP contribution in [0, 0.1) is 6.92 Å². The van der Waals surface area contributed by atoms with Crippen LogP contribution in [0.1, 0.15) is 56.2 Å². The number of fused-ring (bicyclic) bond motifs is 4. The quantitative estimate of drug-likeness (QED) is 0.134. The van der Waals surface area contributed by atoms with E-state index in [0.29, 0.717) is 11.8 Å². The Bertz CT molecular complexity index is 2230. The van der Waals surface area contributed by atoms with Crippen LogP contribution in [-0.2, 0) is 7.05 Å². The maximum absolute atomic E-state index is 6.92. The molecule has 0 spiro atoms. The number of hydrogen-bond donors (Lipinski definition) is 0. The van der Waals surface area contributed by atoms with E-state index in [1.165, 1.54) is 60.5 Å². The third-order valence-electron chi connectivity index (χ3n) is 9.70. The molecule has 0 amide bonds. The molecule has 232 valence electrons. The summed E-state index contributed by atoms with van der Waals surface area (Å²) in [5.41, 5.74) is 13.2. The smallest absolute Gasteiger partial charge is 0.299 e. The lowest BCUT2D eigenvalue weighted by molar-refractivity contribution is -0.633. The van der Waals surface area contributed by atoms with Crippen molar-refractivity contribution in [1.82, 2.24) is 4.57 Å². The SMILES string of the molecule is Cc1ccc2c(oc3cc([Si](C)(C)C)ccc32)c1-c1n(-c2c(C(C)C)cc(-c3ccccc3)cc2C(C)C)c2ccccc2[n+]1C. The number of benzene rings is 5. The molecule has 2 aromatic heterocycles. The molecule has 7 rings (SSSR count). The molecular weight excluding hydrogens is 577 g/mol. The highest BCUT2D eigenvalue weighted by molar-refractivity contribution is 6.88. The third-order valence-corrected chi connectivity index (χ3v) is 11.7. The van der Waals surface area contributed by atoms with Gasteiger partial charge in [-0.3, -0.25) is 0 Å². The van der Waals surface area contributed by atoms with Crippen LogP contribution < -0.4 is 9.75 Å². The summed E-state index contributed by atoms with van der Waals surface area (Å²) in [5, 5.41) is 3.77. The van der Waals surface area contributed by atoms with Crippen molar-refractivity contribution < 1.29 is 8.98 Å². The Morgan fingerprint density at radius 1 is 0.696 bits per heavy atom. The average molecular weight is 622 g/mol. The number of aromatic nitrogens is 2. The first-order chi connectivity index (χ1) is 22.0. The summed E-state index contributed by atoms with van der Waals surface area (Å²) < 4.78 is 11.8. The molecule has 0 aliphatic rings. The fourth-order valence-corrected chi connectivity index (χ4v) is 8.27. The molecule has 0 unspecified atom stereocenters. The van der Waals surface area contributed by atoms with Crippen LogP contribution in [0.5, 0.6) is 0 Å². The van der Waals surface area contributed by atoms with Crippen molar-refractivity contribution in [2.75, 3.05) is 0 Å². The molecule has 0 aliphatic carbocycles. The highest BCUT2D eigenvalue weighted by Gasteiger charge is 2.34. The van der Waals surface area contributed by atoms with Gasteiger partial charge in [0, 0.05) is 21.9 Å². The monoisotopic (exact) mass is 621 g/mol. The van der Waals surface area contributed by atoms with Crippen molar-refractivity contribution in [2.45, 2.75) is 66.1 Å². The van der Waals surface area contributed by atoms with E-state index in [0.717, 1.165) is 22.6 Å². The second kappa shape index (κ2) is 11.1. The molecule has 4 heteroatoms. The molecule has 0 radical (unpaired) electrons. The molecular formula is C42H45N2OSi+. The highest BCUT2D eigenvalue weighted by Crippen LogP contribution is 2.43. The van der Waals surface area contributed by atoms with Crippen molar-refractivity contribution in [3.63, 3.8) is 0 Å². The predicted molar refractivity (Wildman–Crippen MR) is 198 cm³/mol. The summed E-state index contributed by atoms with van der Waals surface area (Å²) in [5.74, 6) is 1.78. The zero-order valence-electron chi connectivity index (χ0n) is 28.7. The summed E-state index contributed by atoms with van der Waals surface area (Å²) in [6.07, 6.45) is 0. The van der Waals surface area contributed by atoms with Crippen molar-refractivity contribution in [2.24, 2.45) is 7.05 Å². The Kier molecular flexibility index (Phi) is 7.32. The van der Waals surface area contributed by atoms with Gasteiger partial charge in [-0.2, -0.15) is 4.57 Å². The summed E-state index contributed by atoms with van der Waals surface area (Å²) >= 11 is 0. The Labute approximate surface area is 274 Å². The number of para-hydroxylation sites is 2. The van der Waals surface area contributed by atoms with Crippen LogP contribution in [0.2, 0.25) is 19.6 Å². The lowest BCUT2D eigenvalue weighted by Crippen LogP contribution is -2.37. The summed E-state index contributed by atoms with van der Waals surface area (Å²) in [6.45, 7) is 18.7. The van der Waals surface area contributed by atoms with E-state index in [2.05, 4.69) is 168 Å². The van der Waals surface area contributed by atoms with E-state index < -0.39 is 8.07 Å². The van der Waals surface area contributed by atoms with Crippen LogP contribution in [0.25, 0.3) is 61.2 Å². The van der Waals surface area contributed by atoms with Gasteiger partial charge in [-0.1, -0.05) is 119 Å². The number of aryl methyl sites for hydroxylation is 2. The molecule has 0 bridgehead atoms. The Balaban J connectivity index is 1.62. The Hall–Kier alpha value is -4.41. The van der Waals surface area contributed by atoms with Crippen molar-refractivity contribution in [3.05, 3.63) is 114 Å². The molecule has 0 atom stereocenters. The van der Waals surface area contributed by atoms with Gasteiger partial charge in [-0.15, -0.1) is 0 Å². The van der Waals surface area contributed by atoms with E-state index in [-0.39, 0.29) is 0 Å². The normalized spacial score (nSPS) is 12.4. The topological polar surface area (TPSA) is 21.9 Å². The minimum Gasteiger partial charge on any atom is -0.455 e. The summed E-state index contributed by atoms with van der Waals surface area (Å²) in [6, 6.07) is 35.9. The van der Waals surface area contributed by atoms with Gasteiger partial charge in [-0.05, 0) is 65.8 Å². The Morgan fingerprint density at radius 3 is 1.98 bits per heavy atom. The first-order valence-corrected chi connectivity index (χ1v) is 20.2. The van der Waals surface area contributed by atoms with Crippen LogP contribution >= 0.6 is 0 Å². The Morgan fingerprint density at radius 2 is 1.33 bits per heavy atom. The molecule has 3 nitrogen and oxygen atoms in total. The number of furan rings is 1. The molecule has 0 saturated heterocycles. The zero-order valence-corrected chi connectivity index (χ0v) is 29.7. The molecule has 0 saturated carbocycles. The average Bonchev–Trinajstić information content (AvgIpc) is 3.54. The largest absolute Gasteiger partial charge is 0.455 e. The van der Waals surface area contributed by atoms with Gasteiger partial charge < -0.3 is 4.42 Å². The number of hydrogen-bond acceptors (Lipinski definition) is 1. The molecule has 0 N–H and O–H groups in total. The molecule has 0 aliphatic heterocycles. The standard InChI is InChI=1S/C42H45N2OSi/c1-26(2)34-23-30(29-15-11-10-12-16-29)24-35(27(3)4)40(34)44-37-18-14-13-17-36(37)43(6)42(44)39-28(5)19-21-33-32-22-20-31(46(7,8)9)25-38(32)45-41(33)39/h10-27H,1-9H3/q+1. The highest BCUT2D eigenvalue weighted by atomic mass is 28.3. The minimum atomic E-state index is -1.50. The lowest BCUT2D eigenvalue weighted by Gasteiger charge is -2.21. The van der Waals surface area contributed by atoms with E-state index >= 15 is 0 Å². The first kappa shape index (κ1) is 30.3. The van der Waals surface area contributed by atoms with E-state index in [9.17, 15) is 0 Å². The second-order valence-corrected chi connectivity index (χ2v) is 19.7. The van der Waals surface area contributed by atoms with Gasteiger partial charge in [0.05, 0.1) is 15.1 Å². The van der Waals surface area contributed by atoms with Crippen LogP contribution in [0.15, 0.2) is 101 Å². The maximum Gasteiger partial charge on any atom is 0.299 e. The number of nitrogens with zero attached hydrogens (tertiary/aromatic N) is 2. The molecule has 2 heterocycles.